The summed E-state index contributed by atoms with van der Waals surface area (Å²) in [4.78, 5) is -0.00559. The first kappa shape index (κ1) is 24.7. The highest BCUT2D eigenvalue weighted by Crippen LogP contribution is 2.38. The number of rotatable bonds is 8. The lowest BCUT2D eigenvalue weighted by Crippen LogP contribution is -2.27. The van der Waals surface area contributed by atoms with Gasteiger partial charge in [0.25, 0.3) is 10.0 Å². The standard InChI is InChI=1S/C24H24FN3O5S2/c1-3-34(29,30)27-18-10-8-17(9-11-18)23-16-24(21-6-4-5-7-22(21)25)28(26-23)35(31,32)20-14-12-19(33-2)13-15-20/h4-15,24,27H,3,16H2,1-2H3/t24-/m0/s1. The summed E-state index contributed by atoms with van der Waals surface area (Å²) in [6.45, 7) is 1.53. The van der Waals surface area contributed by atoms with Gasteiger partial charge in [-0.2, -0.15) is 17.9 Å². The molecule has 3 aromatic rings. The first-order valence-electron chi connectivity index (χ1n) is 10.8. The van der Waals surface area contributed by atoms with Crippen LogP contribution in [0.2, 0.25) is 0 Å². The van der Waals surface area contributed by atoms with E-state index in [1.165, 1.54) is 56.5 Å². The number of ether oxygens (including phenoxy) is 1. The highest BCUT2D eigenvalue weighted by Gasteiger charge is 2.38. The third kappa shape index (κ3) is 5.15. The minimum Gasteiger partial charge on any atom is -0.497 e. The van der Waals surface area contributed by atoms with Crippen molar-refractivity contribution in [2.45, 2.75) is 24.3 Å². The first-order valence-corrected chi connectivity index (χ1v) is 13.8. The molecule has 1 aliphatic heterocycles. The van der Waals surface area contributed by atoms with Crippen LogP contribution in [0, 0.1) is 5.82 Å². The van der Waals surface area contributed by atoms with Gasteiger partial charge in [-0.3, -0.25) is 4.72 Å². The van der Waals surface area contributed by atoms with Gasteiger partial charge >= 0.3 is 0 Å². The van der Waals surface area contributed by atoms with Gasteiger partial charge in [0, 0.05) is 17.7 Å². The van der Waals surface area contributed by atoms with Crippen LogP contribution in [0.25, 0.3) is 0 Å². The molecule has 0 saturated carbocycles. The second kappa shape index (κ2) is 9.67. The van der Waals surface area contributed by atoms with E-state index < -0.39 is 31.9 Å². The van der Waals surface area contributed by atoms with Gasteiger partial charge in [-0.25, -0.2) is 12.8 Å². The van der Waals surface area contributed by atoms with Gasteiger partial charge in [0.1, 0.15) is 11.6 Å². The number of hydrogen-bond donors (Lipinski definition) is 1. The maximum Gasteiger partial charge on any atom is 0.279 e. The minimum absolute atomic E-state index is 0.00559. The van der Waals surface area contributed by atoms with Crippen LogP contribution in [0.15, 0.2) is 82.8 Å². The Morgan fingerprint density at radius 3 is 2.26 bits per heavy atom. The zero-order chi connectivity index (χ0) is 25.2. The highest BCUT2D eigenvalue weighted by molar-refractivity contribution is 7.92. The molecule has 11 heteroatoms. The molecule has 1 atom stereocenters. The molecule has 0 bridgehead atoms. The molecule has 3 aromatic carbocycles. The van der Waals surface area contributed by atoms with E-state index in [0.717, 1.165) is 4.41 Å². The van der Waals surface area contributed by atoms with E-state index in [9.17, 15) is 21.2 Å². The summed E-state index contributed by atoms with van der Waals surface area (Å²) in [5.41, 5.74) is 1.61. The van der Waals surface area contributed by atoms with Gasteiger partial charge in [0.15, 0.2) is 0 Å². The van der Waals surface area contributed by atoms with Crippen molar-refractivity contribution in [1.29, 1.82) is 0 Å². The largest absolute Gasteiger partial charge is 0.497 e. The van der Waals surface area contributed by atoms with Crippen molar-refractivity contribution in [3.63, 3.8) is 0 Å². The van der Waals surface area contributed by atoms with Crippen LogP contribution in [-0.4, -0.2) is 39.8 Å². The number of hydrogen-bond acceptors (Lipinski definition) is 6. The van der Waals surface area contributed by atoms with Crippen molar-refractivity contribution in [2.75, 3.05) is 17.6 Å². The molecule has 0 spiro atoms. The molecule has 0 unspecified atom stereocenters. The molecule has 0 saturated heterocycles. The van der Waals surface area contributed by atoms with E-state index in [-0.39, 0.29) is 22.6 Å². The normalized spacial score (nSPS) is 16.1. The summed E-state index contributed by atoms with van der Waals surface area (Å²) in [6, 6.07) is 17.4. The molecule has 35 heavy (non-hydrogen) atoms. The molecule has 0 amide bonds. The quantitative estimate of drug-likeness (QED) is 0.484. The number of nitrogens with one attached hydrogen (secondary N) is 1. The van der Waals surface area contributed by atoms with Crippen molar-refractivity contribution < 1.29 is 26.0 Å². The number of hydrazone groups is 1. The van der Waals surface area contributed by atoms with Gasteiger partial charge in [0.05, 0.1) is 29.5 Å². The Balaban J connectivity index is 1.73. The van der Waals surface area contributed by atoms with E-state index in [2.05, 4.69) is 9.82 Å². The number of nitrogens with zero attached hydrogens (tertiary/aromatic N) is 2. The molecule has 184 valence electrons. The summed E-state index contributed by atoms with van der Waals surface area (Å²) in [5.74, 6) is -0.101. The fraction of sp³-hybridized carbons (Fsp3) is 0.208. The monoisotopic (exact) mass is 517 g/mol. The fourth-order valence-corrected chi connectivity index (χ4v) is 5.76. The Bertz CT molecular complexity index is 1460. The molecule has 0 aliphatic carbocycles. The molecule has 0 fully saturated rings. The molecule has 1 N–H and O–H groups in total. The van der Waals surface area contributed by atoms with Crippen molar-refractivity contribution in [1.82, 2.24) is 4.41 Å². The Hall–Kier alpha value is -3.44. The van der Waals surface area contributed by atoms with Crippen LogP contribution in [0.5, 0.6) is 5.75 Å². The lowest BCUT2D eigenvalue weighted by Gasteiger charge is -2.23. The molecular weight excluding hydrogens is 493 g/mol. The maximum absolute atomic E-state index is 14.7. The van der Waals surface area contributed by atoms with E-state index in [4.69, 9.17) is 4.74 Å². The van der Waals surface area contributed by atoms with Crippen LogP contribution in [0.1, 0.15) is 30.5 Å². The summed E-state index contributed by atoms with van der Waals surface area (Å²) in [5, 5.41) is 4.39. The van der Waals surface area contributed by atoms with E-state index in [0.29, 0.717) is 22.7 Å². The molecular formula is C24H24FN3O5S2. The lowest BCUT2D eigenvalue weighted by atomic mass is 9.99. The molecule has 1 heterocycles. The molecule has 4 rings (SSSR count). The predicted octanol–water partition coefficient (Wildman–Crippen LogP) is 4.14. The molecule has 0 radical (unpaired) electrons. The number of benzene rings is 3. The number of methoxy groups -OCH3 is 1. The Kier molecular flexibility index (Phi) is 6.82. The molecule has 8 nitrogen and oxygen atoms in total. The first-order chi connectivity index (χ1) is 16.6. The van der Waals surface area contributed by atoms with E-state index in [1.807, 2.05) is 0 Å². The van der Waals surface area contributed by atoms with Gasteiger partial charge in [-0.1, -0.05) is 30.3 Å². The second-order valence-electron chi connectivity index (χ2n) is 7.82. The number of halogens is 1. The maximum atomic E-state index is 14.7. The Morgan fingerprint density at radius 1 is 1.00 bits per heavy atom. The number of sulfonamides is 2. The van der Waals surface area contributed by atoms with Crippen molar-refractivity contribution >= 4 is 31.4 Å². The van der Waals surface area contributed by atoms with Gasteiger partial charge < -0.3 is 4.74 Å². The SMILES string of the molecule is CCS(=O)(=O)Nc1ccc(C2=NN(S(=O)(=O)c3ccc(OC)cc3)[C@H](c3ccccc3F)C2)cc1. The third-order valence-corrected chi connectivity index (χ3v) is 8.62. The fourth-order valence-electron chi connectivity index (χ4n) is 3.70. The van der Waals surface area contributed by atoms with Crippen LogP contribution >= 0.6 is 0 Å². The third-order valence-electron chi connectivity index (χ3n) is 5.61. The molecule has 1 aliphatic rings. The van der Waals surface area contributed by atoms with Gasteiger partial charge in [0.2, 0.25) is 10.0 Å². The number of anilines is 1. The minimum atomic E-state index is -4.12. The highest BCUT2D eigenvalue weighted by atomic mass is 32.2. The van der Waals surface area contributed by atoms with Crippen molar-refractivity contribution in [2.24, 2.45) is 5.10 Å². The summed E-state index contributed by atoms with van der Waals surface area (Å²) >= 11 is 0. The zero-order valence-electron chi connectivity index (χ0n) is 19.0. The Labute approximate surface area is 204 Å². The molecule has 0 aromatic heterocycles. The lowest BCUT2D eigenvalue weighted by molar-refractivity contribution is 0.362. The predicted molar refractivity (Wildman–Crippen MR) is 132 cm³/mol. The zero-order valence-corrected chi connectivity index (χ0v) is 20.7. The van der Waals surface area contributed by atoms with Gasteiger partial charge in [-0.15, -0.1) is 0 Å². The smallest absolute Gasteiger partial charge is 0.279 e. The van der Waals surface area contributed by atoms with Crippen LogP contribution in [-0.2, 0) is 20.0 Å². The average molecular weight is 518 g/mol. The van der Waals surface area contributed by atoms with Crippen LogP contribution < -0.4 is 9.46 Å². The summed E-state index contributed by atoms with van der Waals surface area (Å²) < 4.78 is 73.9. The topological polar surface area (TPSA) is 105 Å². The van der Waals surface area contributed by atoms with E-state index >= 15 is 0 Å². The van der Waals surface area contributed by atoms with Crippen LogP contribution in [0.3, 0.4) is 0 Å². The van der Waals surface area contributed by atoms with Crippen molar-refractivity contribution in [3.8, 4) is 5.75 Å². The van der Waals surface area contributed by atoms with E-state index in [1.54, 1.807) is 30.3 Å². The van der Waals surface area contributed by atoms with Crippen molar-refractivity contribution in [3.05, 3.63) is 89.7 Å². The van der Waals surface area contributed by atoms with Crippen LogP contribution in [0.4, 0.5) is 10.1 Å². The Morgan fingerprint density at radius 2 is 1.66 bits per heavy atom. The second-order valence-corrected chi connectivity index (χ2v) is 11.6. The summed E-state index contributed by atoms with van der Waals surface area (Å²) in [7, 11) is -6.08. The average Bonchev–Trinajstić information content (AvgIpc) is 3.31. The summed E-state index contributed by atoms with van der Waals surface area (Å²) in [6.07, 6.45) is 0.135. The van der Waals surface area contributed by atoms with Gasteiger partial charge in [-0.05, 0) is 55.0 Å².